The lowest BCUT2D eigenvalue weighted by Gasteiger charge is -2.08. The highest BCUT2D eigenvalue weighted by molar-refractivity contribution is 7.16. The van der Waals surface area contributed by atoms with Gasteiger partial charge in [0.2, 0.25) is 0 Å². The molecule has 26 heavy (non-hydrogen) atoms. The zero-order chi connectivity index (χ0) is 19.1. The van der Waals surface area contributed by atoms with Crippen LogP contribution in [0.3, 0.4) is 0 Å². The molecule has 0 saturated heterocycles. The van der Waals surface area contributed by atoms with E-state index in [0.29, 0.717) is 17.0 Å². The molecule has 0 aliphatic carbocycles. The number of aryl methyl sites for hydroxylation is 1. The van der Waals surface area contributed by atoms with Gasteiger partial charge in [-0.2, -0.15) is 0 Å². The van der Waals surface area contributed by atoms with Gasteiger partial charge < -0.3 is 14.8 Å². The van der Waals surface area contributed by atoms with Gasteiger partial charge in [0.15, 0.2) is 6.61 Å². The smallest absolute Gasteiger partial charge is 0.341 e. The third kappa shape index (κ3) is 4.66. The van der Waals surface area contributed by atoms with Gasteiger partial charge >= 0.3 is 11.9 Å². The molecule has 0 aromatic carbocycles. The molecule has 0 radical (unpaired) electrons. The molecule has 1 amide bonds. The van der Waals surface area contributed by atoms with E-state index >= 15 is 0 Å². The van der Waals surface area contributed by atoms with E-state index in [9.17, 15) is 14.4 Å². The molecule has 7 nitrogen and oxygen atoms in total. The normalized spacial score (nSPS) is 10.3. The molecule has 138 valence electrons. The van der Waals surface area contributed by atoms with Crippen molar-refractivity contribution < 1.29 is 23.9 Å². The Morgan fingerprint density at radius 3 is 2.58 bits per heavy atom. The monoisotopic (exact) mass is 376 g/mol. The van der Waals surface area contributed by atoms with E-state index in [2.05, 4.69) is 10.3 Å². The number of amides is 1. The van der Waals surface area contributed by atoms with Crippen LogP contribution < -0.4 is 5.32 Å². The fourth-order valence-electron chi connectivity index (χ4n) is 2.37. The number of aromatic nitrogens is 1. The summed E-state index contributed by atoms with van der Waals surface area (Å²) in [5.74, 6) is -1.65. The van der Waals surface area contributed by atoms with E-state index in [1.807, 2.05) is 13.8 Å². The van der Waals surface area contributed by atoms with Crippen molar-refractivity contribution in [2.24, 2.45) is 0 Å². The number of ether oxygens (including phenoxy) is 2. The lowest BCUT2D eigenvalue weighted by atomic mass is 10.1. The standard InChI is InChI=1S/C18H20N2O5S/c1-4-13-11(3)26-16(15(13)18(23)24-5-2)20-14(21)10-25-17(22)12-7-6-8-19-9-12/h6-9H,4-5,10H2,1-3H3,(H,20,21). The summed E-state index contributed by atoms with van der Waals surface area (Å²) in [5.41, 5.74) is 1.47. The van der Waals surface area contributed by atoms with Crippen molar-refractivity contribution in [3.8, 4) is 0 Å². The molecule has 2 rings (SSSR count). The minimum atomic E-state index is -0.643. The molecule has 2 aromatic rings. The zero-order valence-corrected chi connectivity index (χ0v) is 15.6. The third-order valence-corrected chi connectivity index (χ3v) is 4.59. The Hall–Kier alpha value is -2.74. The minimum Gasteiger partial charge on any atom is -0.462 e. The molecule has 0 saturated carbocycles. The van der Waals surface area contributed by atoms with Crippen molar-refractivity contribution in [1.29, 1.82) is 0 Å². The Morgan fingerprint density at radius 2 is 1.96 bits per heavy atom. The number of hydrogen-bond donors (Lipinski definition) is 1. The van der Waals surface area contributed by atoms with E-state index in [1.54, 1.807) is 19.1 Å². The van der Waals surface area contributed by atoms with Crippen molar-refractivity contribution in [2.75, 3.05) is 18.5 Å². The number of carbonyl (C=O) groups excluding carboxylic acids is 3. The first-order valence-electron chi connectivity index (χ1n) is 8.14. The molecule has 0 spiro atoms. The third-order valence-electron chi connectivity index (χ3n) is 3.53. The minimum absolute atomic E-state index is 0.243. The largest absolute Gasteiger partial charge is 0.462 e. The Labute approximate surface area is 155 Å². The molecular formula is C18H20N2O5S. The van der Waals surface area contributed by atoms with Crippen molar-refractivity contribution in [1.82, 2.24) is 4.98 Å². The van der Waals surface area contributed by atoms with Gasteiger partial charge in [-0.1, -0.05) is 6.92 Å². The number of nitrogens with one attached hydrogen (secondary N) is 1. The van der Waals surface area contributed by atoms with Gasteiger partial charge in [-0.25, -0.2) is 9.59 Å². The molecule has 2 heterocycles. The number of anilines is 1. The van der Waals surface area contributed by atoms with Crippen LogP contribution in [-0.4, -0.2) is 36.0 Å². The number of thiophene rings is 1. The first kappa shape index (κ1) is 19.6. The summed E-state index contributed by atoms with van der Waals surface area (Å²) in [5, 5.41) is 3.04. The second-order valence-electron chi connectivity index (χ2n) is 5.28. The summed E-state index contributed by atoms with van der Waals surface area (Å²) >= 11 is 1.30. The number of nitrogens with zero attached hydrogens (tertiary/aromatic N) is 1. The van der Waals surface area contributed by atoms with Crippen LogP contribution in [0.5, 0.6) is 0 Å². The molecule has 0 bridgehead atoms. The van der Waals surface area contributed by atoms with E-state index in [-0.39, 0.29) is 12.2 Å². The van der Waals surface area contributed by atoms with Crippen LogP contribution in [0.25, 0.3) is 0 Å². The fraction of sp³-hybridized carbons (Fsp3) is 0.333. The highest BCUT2D eigenvalue weighted by Gasteiger charge is 2.23. The predicted octanol–water partition coefficient (Wildman–Crippen LogP) is 2.99. The number of esters is 2. The number of pyridine rings is 1. The zero-order valence-electron chi connectivity index (χ0n) is 14.8. The van der Waals surface area contributed by atoms with E-state index in [0.717, 1.165) is 10.4 Å². The first-order valence-corrected chi connectivity index (χ1v) is 8.95. The molecular weight excluding hydrogens is 356 g/mol. The summed E-state index contributed by atoms with van der Waals surface area (Å²) in [7, 11) is 0. The number of carbonyl (C=O) groups is 3. The van der Waals surface area contributed by atoms with Gasteiger partial charge in [0.25, 0.3) is 5.91 Å². The van der Waals surface area contributed by atoms with E-state index < -0.39 is 24.5 Å². The average molecular weight is 376 g/mol. The van der Waals surface area contributed by atoms with Crippen molar-refractivity contribution >= 4 is 34.2 Å². The highest BCUT2D eigenvalue weighted by atomic mass is 32.1. The van der Waals surface area contributed by atoms with E-state index in [1.165, 1.54) is 23.7 Å². The van der Waals surface area contributed by atoms with Crippen LogP contribution >= 0.6 is 11.3 Å². The molecule has 0 aliphatic heterocycles. The summed E-state index contributed by atoms with van der Waals surface area (Å²) in [6, 6.07) is 3.14. The number of rotatable bonds is 7. The predicted molar refractivity (Wildman–Crippen MR) is 97.5 cm³/mol. The van der Waals surface area contributed by atoms with Gasteiger partial charge in [0, 0.05) is 17.3 Å². The molecule has 0 atom stereocenters. The quantitative estimate of drug-likeness (QED) is 0.747. The molecule has 0 fully saturated rings. The lowest BCUT2D eigenvalue weighted by Crippen LogP contribution is -2.22. The molecule has 0 aliphatic rings. The van der Waals surface area contributed by atoms with Gasteiger partial charge in [-0.15, -0.1) is 11.3 Å². The van der Waals surface area contributed by atoms with Crippen LogP contribution in [0.2, 0.25) is 0 Å². The van der Waals surface area contributed by atoms with Crippen molar-refractivity contribution in [3.63, 3.8) is 0 Å². The topological polar surface area (TPSA) is 94.6 Å². The molecule has 1 N–H and O–H groups in total. The van der Waals surface area contributed by atoms with Crippen LogP contribution in [0, 0.1) is 6.92 Å². The SMILES string of the molecule is CCOC(=O)c1c(NC(=O)COC(=O)c2cccnc2)sc(C)c1CC. The number of hydrogen-bond acceptors (Lipinski definition) is 7. The molecule has 2 aromatic heterocycles. The van der Waals surface area contributed by atoms with E-state index in [4.69, 9.17) is 9.47 Å². The maximum Gasteiger partial charge on any atom is 0.341 e. The maximum atomic E-state index is 12.2. The second-order valence-corrected chi connectivity index (χ2v) is 6.51. The summed E-state index contributed by atoms with van der Waals surface area (Å²) < 4.78 is 10.1. The Kier molecular flexibility index (Phi) is 6.85. The summed E-state index contributed by atoms with van der Waals surface area (Å²) in [6.45, 7) is 5.31. The first-order chi connectivity index (χ1) is 12.5. The Morgan fingerprint density at radius 1 is 1.19 bits per heavy atom. The van der Waals surface area contributed by atoms with Gasteiger partial charge in [-0.3, -0.25) is 9.78 Å². The van der Waals surface area contributed by atoms with Gasteiger partial charge in [0.05, 0.1) is 17.7 Å². The van der Waals surface area contributed by atoms with Gasteiger partial charge in [0.1, 0.15) is 5.00 Å². The second kappa shape index (κ2) is 9.10. The Bertz CT molecular complexity index is 801. The highest BCUT2D eigenvalue weighted by Crippen LogP contribution is 2.34. The van der Waals surface area contributed by atoms with Crippen LogP contribution in [0.4, 0.5) is 5.00 Å². The van der Waals surface area contributed by atoms with Gasteiger partial charge in [-0.05, 0) is 38.0 Å². The molecule has 8 heteroatoms. The van der Waals surface area contributed by atoms with Crippen LogP contribution in [0.1, 0.15) is 45.0 Å². The summed E-state index contributed by atoms with van der Waals surface area (Å²) in [4.78, 5) is 41.0. The lowest BCUT2D eigenvalue weighted by molar-refractivity contribution is -0.119. The van der Waals surface area contributed by atoms with Crippen molar-refractivity contribution in [3.05, 3.63) is 46.1 Å². The Balaban J connectivity index is 2.06. The van der Waals surface area contributed by atoms with Crippen molar-refractivity contribution in [2.45, 2.75) is 27.2 Å². The average Bonchev–Trinajstić information content (AvgIpc) is 2.95. The maximum absolute atomic E-state index is 12.2. The molecule has 0 unspecified atom stereocenters. The van der Waals surface area contributed by atoms with Crippen LogP contribution in [-0.2, 0) is 20.7 Å². The van der Waals surface area contributed by atoms with Crippen LogP contribution in [0.15, 0.2) is 24.5 Å². The summed E-state index contributed by atoms with van der Waals surface area (Å²) in [6.07, 6.45) is 3.53. The fourth-order valence-corrected chi connectivity index (χ4v) is 3.52.